The van der Waals surface area contributed by atoms with E-state index >= 15 is 0 Å². The monoisotopic (exact) mass is 287 g/mol. The summed E-state index contributed by atoms with van der Waals surface area (Å²) in [5, 5.41) is 25.2. The number of aromatic nitrogens is 4. The number of carbonyl (C=O) groups is 2. The predicted molar refractivity (Wildman–Crippen MR) is 71.2 cm³/mol. The number of rotatable bonds is 5. The Labute approximate surface area is 119 Å². The minimum atomic E-state index is -0.852. The van der Waals surface area contributed by atoms with Crippen LogP contribution in [-0.4, -0.2) is 44.2 Å². The average Bonchev–Trinajstić information content (AvgIpc) is 3.10. The molecule has 1 aliphatic rings. The first-order valence-electron chi connectivity index (χ1n) is 6.46. The van der Waals surface area contributed by atoms with Crippen LogP contribution in [0.3, 0.4) is 0 Å². The number of H-pyrrole nitrogens is 1. The zero-order valence-corrected chi connectivity index (χ0v) is 11.0. The number of carboxylic acids is 1. The van der Waals surface area contributed by atoms with E-state index in [0.29, 0.717) is 24.2 Å². The molecule has 0 atom stereocenters. The molecule has 1 aliphatic carbocycles. The zero-order chi connectivity index (χ0) is 14.9. The highest BCUT2D eigenvalue weighted by Crippen LogP contribution is 2.45. The highest BCUT2D eigenvalue weighted by atomic mass is 16.4. The molecule has 0 unspecified atom stereocenters. The number of aromatic amines is 1. The summed E-state index contributed by atoms with van der Waals surface area (Å²) in [6.07, 6.45) is 1.22. The van der Waals surface area contributed by atoms with Gasteiger partial charge in [0.2, 0.25) is 5.82 Å². The van der Waals surface area contributed by atoms with Gasteiger partial charge in [0.25, 0.3) is 5.91 Å². The summed E-state index contributed by atoms with van der Waals surface area (Å²) in [7, 11) is 0. The number of hydrogen-bond donors (Lipinski definition) is 3. The molecule has 1 aromatic heterocycles. The minimum absolute atomic E-state index is 0.160. The number of tetrazole rings is 1. The van der Waals surface area contributed by atoms with Gasteiger partial charge in [0, 0.05) is 17.7 Å². The van der Waals surface area contributed by atoms with E-state index in [1.165, 1.54) is 0 Å². The molecule has 8 nitrogen and oxygen atoms in total. The molecule has 0 spiro atoms. The largest absolute Gasteiger partial charge is 0.481 e. The van der Waals surface area contributed by atoms with E-state index in [0.717, 1.165) is 5.56 Å². The van der Waals surface area contributed by atoms with Crippen LogP contribution in [0.5, 0.6) is 0 Å². The number of carbonyl (C=O) groups excluding carboxylic acids is 1. The molecule has 0 saturated heterocycles. The van der Waals surface area contributed by atoms with Crippen molar-refractivity contribution in [2.45, 2.75) is 12.8 Å². The van der Waals surface area contributed by atoms with Gasteiger partial charge in [-0.15, -0.1) is 10.2 Å². The summed E-state index contributed by atoms with van der Waals surface area (Å²) < 4.78 is 0. The fourth-order valence-corrected chi connectivity index (χ4v) is 2.02. The topological polar surface area (TPSA) is 121 Å². The number of carboxylic acid groups (broad SMARTS) is 1. The van der Waals surface area contributed by atoms with Gasteiger partial charge in [0.15, 0.2) is 0 Å². The van der Waals surface area contributed by atoms with Crippen LogP contribution < -0.4 is 5.32 Å². The van der Waals surface area contributed by atoms with E-state index < -0.39 is 11.4 Å². The van der Waals surface area contributed by atoms with Gasteiger partial charge in [-0.05, 0) is 30.2 Å². The van der Waals surface area contributed by atoms with Crippen LogP contribution in [0, 0.1) is 5.41 Å². The molecular weight excluding hydrogens is 274 g/mol. The maximum atomic E-state index is 12.0. The van der Waals surface area contributed by atoms with E-state index in [2.05, 4.69) is 25.9 Å². The minimum Gasteiger partial charge on any atom is -0.481 e. The first-order chi connectivity index (χ1) is 10.1. The van der Waals surface area contributed by atoms with Gasteiger partial charge in [-0.25, -0.2) is 0 Å². The van der Waals surface area contributed by atoms with Gasteiger partial charge in [-0.2, -0.15) is 5.21 Å². The highest BCUT2D eigenvalue weighted by molar-refractivity contribution is 5.95. The molecule has 1 amide bonds. The number of aliphatic carboxylic acids is 1. The van der Waals surface area contributed by atoms with Crippen LogP contribution in [0.2, 0.25) is 0 Å². The fourth-order valence-electron chi connectivity index (χ4n) is 2.02. The Morgan fingerprint density at radius 3 is 2.52 bits per heavy atom. The SMILES string of the molecule is O=C(NCC1(C(=O)O)CC1)c1ccc(-c2nn[nH]n2)cc1. The van der Waals surface area contributed by atoms with E-state index in [4.69, 9.17) is 5.11 Å². The molecule has 8 heteroatoms. The van der Waals surface area contributed by atoms with Crippen LogP contribution in [0.25, 0.3) is 11.4 Å². The predicted octanol–water partition coefficient (Wildman–Crippen LogP) is 0.461. The molecule has 108 valence electrons. The Kier molecular flexibility index (Phi) is 3.13. The number of nitrogens with one attached hydrogen (secondary N) is 2. The Balaban J connectivity index is 1.64. The standard InChI is InChI=1S/C13H13N5O3/c19-11(14-7-13(5-6-13)12(20)21)9-3-1-8(2-4-9)10-15-17-18-16-10/h1-4H,5-7H2,(H,14,19)(H,20,21)(H,15,16,17,18). The molecule has 3 N–H and O–H groups in total. The molecule has 1 saturated carbocycles. The summed E-state index contributed by atoms with van der Waals surface area (Å²) >= 11 is 0. The Morgan fingerprint density at radius 2 is 2.00 bits per heavy atom. The summed E-state index contributed by atoms with van der Waals surface area (Å²) in [6.45, 7) is 0.160. The molecule has 0 radical (unpaired) electrons. The Morgan fingerprint density at radius 1 is 1.29 bits per heavy atom. The quantitative estimate of drug-likeness (QED) is 0.734. The lowest BCUT2D eigenvalue weighted by molar-refractivity contribution is -0.143. The molecule has 0 aliphatic heterocycles. The van der Waals surface area contributed by atoms with Crippen molar-refractivity contribution in [1.29, 1.82) is 0 Å². The second-order valence-electron chi connectivity index (χ2n) is 5.08. The van der Waals surface area contributed by atoms with Crippen molar-refractivity contribution >= 4 is 11.9 Å². The van der Waals surface area contributed by atoms with Crippen molar-refractivity contribution in [1.82, 2.24) is 25.9 Å². The highest BCUT2D eigenvalue weighted by Gasteiger charge is 2.50. The summed E-state index contributed by atoms with van der Waals surface area (Å²) in [6, 6.07) is 6.70. The van der Waals surface area contributed by atoms with Crippen LogP contribution in [-0.2, 0) is 4.79 Å². The molecule has 21 heavy (non-hydrogen) atoms. The van der Waals surface area contributed by atoms with Crippen LogP contribution in [0.1, 0.15) is 23.2 Å². The smallest absolute Gasteiger partial charge is 0.311 e. The van der Waals surface area contributed by atoms with Crippen molar-refractivity contribution in [3.05, 3.63) is 29.8 Å². The number of hydrogen-bond acceptors (Lipinski definition) is 5. The first-order valence-corrected chi connectivity index (χ1v) is 6.46. The number of benzene rings is 1. The third-order valence-electron chi connectivity index (χ3n) is 3.65. The van der Waals surface area contributed by atoms with Crippen molar-refractivity contribution < 1.29 is 14.7 Å². The maximum Gasteiger partial charge on any atom is 0.311 e. The molecule has 0 bridgehead atoms. The number of nitrogens with zero attached hydrogens (tertiary/aromatic N) is 3. The van der Waals surface area contributed by atoms with Gasteiger partial charge < -0.3 is 10.4 Å². The Bertz CT molecular complexity index is 662. The van der Waals surface area contributed by atoms with E-state index in [9.17, 15) is 9.59 Å². The Hall–Kier alpha value is -2.77. The van der Waals surface area contributed by atoms with Crippen molar-refractivity contribution in [3.63, 3.8) is 0 Å². The summed E-state index contributed by atoms with van der Waals surface area (Å²) in [5.41, 5.74) is 0.438. The zero-order valence-electron chi connectivity index (χ0n) is 11.0. The molecular formula is C13H13N5O3. The van der Waals surface area contributed by atoms with Crippen molar-refractivity contribution in [2.75, 3.05) is 6.54 Å². The second kappa shape index (κ2) is 4.97. The summed E-state index contributed by atoms with van der Waals surface area (Å²) in [5.74, 6) is -0.692. The second-order valence-corrected chi connectivity index (χ2v) is 5.08. The van der Waals surface area contributed by atoms with Crippen LogP contribution in [0.4, 0.5) is 0 Å². The van der Waals surface area contributed by atoms with Gasteiger partial charge in [-0.3, -0.25) is 9.59 Å². The average molecular weight is 287 g/mol. The lowest BCUT2D eigenvalue weighted by Gasteiger charge is -2.11. The molecule has 1 heterocycles. The van der Waals surface area contributed by atoms with Crippen LogP contribution in [0.15, 0.2) is 24.3 Å². The van der Waals surface area contributed by atoms with E-state index in [1.807, 2.05) is 0 Å². The van der Waals surface area contributed by atoms with Gasteiger partial charge in [0.1, 0.15) is 0 Å². The summed E-state index contributed by atoms with van der Waals surface area (Å²) in [4.78, 5) is 23.0. The van der Waals surface area contributed by atoms with Gasteiger partial charge in [0.05, 0.1) is 5.41 Å². The molecule has 3 rings (SSSR count). The van der Waals surface area contributed by atoms with Crippen molar-refractivity contribution in [2.24, 2.45) is 5.41 Å². The van der Waals surface area contributed by atoms with Crippen LogP contribution >= 0.6 is 0 Å². The van der Waals surface area contributed by atoms with Gasteiger partial charge >= 0.3 is 5.97 Å². The fraction of sp³-hybridized carbons (Fsp3) is 0.308. The molecule has 1 fully saturated rings. The third kappa shape index (κ3) is 2.60. The molecule has 1 aromatic carbocycles. The lowest BCUT2D eigenvalue weighted by atomic mass is 10.1. The van der Waals surface area contributed by atoms with E-state index in [-0.39, 0.29) is 12.5 Å². The maximum absolute atomic E-state index is 12.0. The van der Waals surface area contributed by atoms with Crippen molar-refractivity contribution in [3.8, 4) is 11.4 Å². The molecule has 2 aromatic rings. The third-order valence-corrected chi connectivity index (χ3v) is 3.65. The first kappa shape index (κ1) is 13.2. The number of amides is 1. The lowest BCUT2D eigenvalue weighted by Crippen LogP contribution is -2.34. The normalized spacial score (nSPS) is 15.4. The van der Waals surface area contributed by atoms with Gasteiger partial charge in [-0.1, -0.05) is 12.1 Å². The van der Waals surface area contributed by atoms with E-state index in [1.54, 1.807) is 24.3 Å².